The number of aliphatic carboxylic acids is 1. The molecular weight excluding hydrogens is 194 g/mol. The summed E-state index contributed by atoms with van der Waals surface area (Å²) in [6, 6.07) is 5.65. The molecule has 0 aliphatic heterocycles. The van der Waals surface area contributed by atoms with E-state index in [4.69, 9.17) is 5.11 Å². The predicted octanol–water partition coefficient (Wildman–Crippen LogP) is 1.08. The van der Waals surface area contributed by atoms with Crippen molar-refractivity contribution < 1.29 is 9.90 Å². The van der Waals surface area contributed by atoms with E-state index in [0.29, 0.717) is 0 Å². The molecule has 2 aromatic rings. The summed E-state index contributed by atoms with van der Waals surface area (Å²) in [5, 5.41) is 16.4. The second-order valence-electron chi connectivity index (χ2n) is 3.36. The van der Waals surface area contributed by atoms with Gasteiger partial charge in [-0.25, -0.2) is 0 Å². The summed E-state index contributed by atoms with van der Waals surface area (Å²) in [5.74, 6) is -0.849. The second kappa shape index (κ2) is 3.61. The number of nitrogens with zero attached hydrogens (tertiary/aromatic N) is 2. The Kier molecular flexibility index (Phi) is 2.29. The fourth-order valence-corrected chi connectivity index (χ4v) is 1.57. The minimum absolute atomic E-state index is 0.0235. The smallest absolute Gasteiger partial charge is 0.323 e. The van der Waals surface area contributed by atoms with Crippen LogP contribution in [0.1, 0.15) is 0 Å². The van der Waals surface area contributed by atoms with Crippen molar-refractivity contribution in [2.45, 2.75) is 0 Å². The highest BCUT2D eigenvalue weighted by Crippen LogP contribution is 2.23. The van der Waals surface area contributed by atoms with Crippen molar-refractivity contribution in [1.82, 2.24) is 10.2 Å². The summed E-state index contributed by atoms with van der Waals surface area (Å²) >= 11 is 0. The van der Waals surface area contributed by atoms with E-state index >= 15 is 0 Å². The van der Waals surface area contributed by atoms with Crippen LogP contribution in [-0.2, 0) is 4.79 Å². The molecule has 0 saturated heterocycles. The summed E-state index contributed by atoms with van der Waals surface area (Å²) in [6.45, 7) is -0.0235. The first-order valence-electron chi connectivity index (χ1n) is 4.53. The highest BCUT2D eigenvalue weighted by molar-refractivity contribution is 5.92. The Morgan fingerprint density at radius 2 is 2.40 bits per heavy atom. The summed E-state index contributed by atoms with van der Waals surface area (Å²) in [4.78, 5) is 12.3. The van der Waals surface area contributed by atoms with Crippen molar-refractivity contribution >= 4 is 22.6 Å². The van der Waals surface area contributed by atoms with Crippen LogP contribution in [-0.4, -0.2) is 34.9 Å². The Morgan fingerprint density at radius 1 is 1.60 bits per heavy atom. The molecule has 1 heterocycles. The molecule has 0 spiro atoms. The normalized spacial score (nSPS) is 10.5. The number of aromatic amines is 1. The number of carbonyl (C=O) groups is 1. The van der Waals surface area contributed by atoms with E-state index in [2.05, 4.69) is 10.2 Å². The van der Waals surface area contributed by atoms with Crippen LogP contribution in [0.3, 0.4) is 0 Å². The first-order valence-corrected chi connectivity index (χ1v) is 4.53. The van der Waals surface area contributed by atoms with Crippen LogP contribution in [0, 0.1) is 0 Å². The van der Waals surface area contributed by atoms with Gasteiger partial charge in [0, 0.05) is 18.1 Å². The van der Waals surface area contributed by atoms with E-state index in [1.165, 1.54) is 0 Å². The Bertz CT molecular complexity index is 492. The second-order valence-corrected chi connectivity index (χ2v) is 3.36. The molecule has 0 aliphatic rings. The summed E-state index contributed by atoms with van der Waals surface area (Å²) in [7, 11) is 1.75. The van der Waals surface area contributed by atoms with Gasteiger partial charge in [-0.3, -0.25) is 9.89 Å². The number of carboxylic acids is 1. The average Bonchev–Trinajstić information content (AvgIpc) is 2.63. The number of aromatic nitrogens is 2. The number of benzene rings is 1. The van der Waals surface area contributed by atoms with Gasteiger partial charge in [0.2, 0.25) is 0 Å². The zero-order chi connectivity index (χ0) is 10.8. The van der Waals surface area contributed by atoms with E-state index in [1.807, 2.05) is 18.2 Å². The van der Waals surface area contributed by atoms with Gasteiger partial charge in [0.1, 0.15) is 6.54 Å². The van der Waals surface area contributed by atoms with Gasteiger partial charge >= 0.3 is 5.97 Å². The van der Waals surface area contributed by atoms with E-state index < -0.39 is 5.97 Å². The van der Waals surface area contributed by atoms with Gasteiger partial charge in [-0.15, -0.1) is 0 Å². The summed E-state index contributed by atoms with van der Waals surface area (Å²) in [5.41, 5.74) is 1.77. The zero-order valence-electron chi connectivity index (χ0n) is 8.27. The molecule has 0 radical (unpaired) electrons. The number of H-pyrrole nitrogens is 1. The number of rotatable bonds is 3. The first kappa shape index (κ1) is 9.51. The zero-order valence-corrected chi connectivity index (χ0v) is 8.27. The van der Waals surface area contributed by atoms with E-state index in [-0.39, 0.29) is 6.54 Å². The molecule has 2 rings (SSSR count). The van der Waals surface area contributed by atoms with Crippen LogP contribution in [0.15, 0.2) is 24.4 Å². The molecule has 5 heteroatoms. The molecule has 5 nitrogen and oxygen atoms in total. The average molecular weight is 205 g/mol. The number of hydrogen-bond donors (Lipinski definition) is 2. The molecule has 15 heavy (non-hydrogen) atoms. The SMILES string of the molecule is CN(CC(=O)O)c1cccc2[nH]ncc12. The molecule has 0 fully saturated rings. The third-order valence-electron chi connectivity index (χ3n) is 2.25. The Morgan fingerprint density at radius 3 is 3.13 bits per heavy atom. The molecule has 2 N–H and O–H groups in total. The third-order valence-corrected chi connectivity index (χ3v) is 2.25. The molecule has 78 valence electrons. The van der Waals surface area contributed by atoms with Gasteiger partial charge in [0.15, 0.2) is 0 Å². The van der Waals surface area contributed by atoms with E-state index in [9.17, 15) is 4.79 Å². The van der Waals surface area contributed by atoms with Crippen molar-refractivity contribution in [1.29, 1.82) is 0 Å². The third kappa shape index (κ3) is 1.76. The Balaban J connectivity index is 2.42. The highest BCUT2D eigenvalue weighted by Gasteiger charge is 2.09. The number of hydrogen-bond acceptors (Lipinski definition) is 3. The molecule has 0 aliphatic carbocycles. The predicted molar refractivity (Wildman–Crippen MR) is 57.0 cm³/mol. The van der Waals surface area contributed by atoms with Crippen molar-refractivity contribution in [3.8, 4) is 0 Å². The van der Waals surface area contributed by atoms with Crippen molar-refractivity contribution in [2.24, 2.45) is 0 Å². The molecule has 0 saturated carbocycles. The number of fused-ring (bicyclic) bond motifs is 1. The lowest BCUT2D eigenvalue weighted by atomic mass is 10.2. The van der Waals surface area contributed by atoms with Crippen molar-refractivity contribution in [3.05, 3.63) is 24.4 Å². The molecule has 0 bridgehead atoms. The minimum atomic E-state index is -0.849. The van der Waals surface area contributed by atoms with E-state index in [0.717, 1.165) is 16.6 Å². The van der Waals surface area contributed by atoms with Crippen LogP contribution in [0.4, 0.5) is 5.69 Å². The summed E-state index contributed by atoms with van der Waals surface area (Å²) in [6.07, 6.45) is 1.70. The lowest BCUT2D eigenvalue weighted by molar-refractivity contribution is -0.135. The standard InChI is InChI=1S/C10H11N3O2/c1-13(6-10(14)15)9-4-2-3-8-7(9)5-11-12-8/h2-5H,6H2,1H3,(H,11,12)(H,14,15). The highest BCUT2D eigenvalue weighted by atomic mass is 16.4. The molecule has 0 atom stereocenters. The van der Waals surface area contributed by atoms with Gasteiger partial charge in [0.05, 0.1) is 11.7 Å². The van der Waals surface area contributed by atoms with Crippen LogP contribution in [0.5, 0.6) is 0 Å². The lowest BCUT2D eigenvalue weighted by Gasteiger charge is -2.17. The Labute approximate surface area is 86.3 Å². The number of nitrogens with one attached hydrogen (secondary N) is 1. The van der Waals surface area contributed by atoms with Crippen LogP contribution in [0.25, 0.3) is 10.9 Å². The van der Waals surface area contributed by atoms with Gasteiger partial charge < -0.3 is 10.0 Å². The molecule has 0 unspecified atom stereocenters. The largest absolute Gasteiger partial charge is 0.480 e. The maximum Gasteiger partial charge on any atom is 0.323 e. The van der Waals surface area contributed by atoms with Gasteiger partial charge in [0.25, 0.3) is 0 Å². The molecule has 1 aromatic carbocycles. The van der Waals surface area contributed by atoms with Gasteiger partial charge in [-0.2, -0.15) is 5.10 Å². The minimum Gasteiger partial charge on any atom is -0.480 e. The lowest BCUT2D eigenvalue weighted by Crippen LogP contribution is -2.25. The molecule has 0 amide bonds. The number of likely N-dealkylation sites (N-methyl/N-ethyl adjacent to an activating group) is 1. The molecular formula is C10H11N3O2. The topological polar surface area (TPSA) is 69.2 Å². The quantitative estimate of drug-likeness (QED) is 0.786. The number of anilines is 1. The van der Waals surface area contributed by atoms with Crippen molar-refractivity contribution in [3.63, 3.8) is 0 Å². The van der Waals surface area contributed by atoms with E-state index in [1.54, 1.807) is 18.1 Å². The van der Waals surface area contributed by atoms with Crippen LogP contribution in [0.2, 0.25) is 0 Å². The maximum atomic E-state index is 10.6. The maximum absolute atomic E-state index is 10.6. The fraction of sp³-hybridized carbons (Fsp3) is 0.200. The first-order chi connectivity index (χ1) is 7.18. The van der Waals surface area contributed by atoms with Gasteiger partial charge in [-0.1, -0.05) is 6.07 Å². The monoisotopic (exact) mass is 205 g/mol. The van der Waals surface area contributed by atoms with Gasteiger partial charge in [-0.05, 0) is 12.1 Å². The molecule has 1 aromatic heterocycles. The van der Waals surface area contributed by atoms with Crippen LogP contribution < -0.4 is 4.90 Å². The van der Waals surface area contributed by atoms with Crippen molar-refractivity contribution in [2.75, 3.05) is 18.5 Å². The Hall–Kier alpha value is -2.04. The number of carboxylic acid groups (broad SMARTS) is 1. The van der Waals surface area contributed by atoms with Crippen LogP contribution >= 0.6 is 0 Å². The summed E-state index contributed by atoms with van der Waals surface area (Å²) < 4.78 is 0. The fourth-order valence-electron chi connectivity index (χ4n) is 1.57.